The minimum atomic E-state index is -0.0417. The molecule has 6 heteroatoms. The largest absolute Gasteiger partial charge is 0.443 e. The van der Waals surface area contributed by atoms with Gasteiger partial charge in [0.05, 0.1) is 19.3 Å². The molecule has 0 spiro atoms. The van der Waals surface area contributed by atoms with Gasteiger partial charge in [0.15, 0.2) is 5.96 Å². The number of hydrogen-bond donors (Lipinski definition) is 2. The Morgan fingerprint density at radius 2 is 1.82 bits per heavy atom. The Balaban J connectivity index is 0.00000280. The molecule has 0 atom stereocenters. The topological polar surface area (TPSA) is 62.5 Å². The Bertz CT molecular complexity index is 927. The molecule has 1 aromatic heterocycles. The van der Waals surface area contributed by atoms with Crippen molar-refractivity contribution < 1.29 is 4.42 Å². The smallest absolute Gasteiger partial charge is 0.213 e. The number of aliphatic imine (C=N–C) groups is 1. The number of fused-ring (bicyclic) bond motifs is 1. The van der Waals surface area contributed by atoms with Gasteiger partial charge < -0.3 is 15.1 Å². The van der Waals surface area contributed by atoms with Gasteiger partial charge in [0.2, 0.25) is 5.89 Å². The highest BCUT2D eigenvalue weighted by molar-refractivity contribution is 14.0. The number of halogens is 1. The Kier molecular flexibility index (Phi) is 7.86. The number of rotatable bonds is 5. The second-order valence-electron chi connectivity index (χ2n) is 7.60. The zero-order chi connectivity index (χ0) is 19.3. The maximum absolute atomic E-state index is 5.83. The molecule has 5 nitrogen and oxygen atoms in total. The predicted octanol–water partition coefficient (Wildman–Crippen LogP) is 5.00. The van der Waals surface area contributed by atoms with E-state index in [4.69, 9.17) is 4.42 Å². The minimum Gasteiger partial charge on any atom is -0.443 e. The molecule has 0 aliphatic heterocycles. The summed E-state index contributed by atoms with van der Waals surface area (Å²) >= 11 is 0. The van der Waals surface area contributed by atoms with Gasteiger partial charge >= 0.3 is 0 Å². The van der Waals surface area contributed by atoms with Crippen LogP contribution in [0.1, 0.15) is 44.9 Å². The van der Waals surface area contributed by atoms with Gasteiger partial charge in [0.25, 0.3) is 0 Å². The lowest BCUT2D eigenvalue weighted by Gasteiger charge is -2.13. The SMILES string of the molecule is CCNC(=NCc1ccc2ccccc2c1)NCc1ncc(C(C)(C)C)o1.I. The van der Waals surface area contributed by atoms with E-state index >= 15 is 0 Å². The van der Waals surface area contributed by atoms with Crippen molar-refractivity contribution in [2.45, 2.75) is 46.2 Å². The molecule has 0 unspecified atom stereocenters. The number of oxazole rings is 1. The third-order valence-corrected chi connectivity index (χ3v) is 4.28. The molecule has 150 valence electrons. The van der Waals surface area contributed by atoms with Gasteiger partial charge in [0, 0.05) is 12.0 Å². The van der Waals surface area contributed by atoms with E-state index in [0.717, 1.165) is 18.3 Å². The number of guanidine groups is 1. The minimum absolute atomic E-state index is 0. The van der Waals surface area contributed by atoms with E-state index in [2.05, 4.69) is 90.8 Å². The molecule has 0 bridgehead atoms. The fraction of sp³-hybridized carbons (Fsp3) is 0.364. The lowest BCUT2D eigenvalue weighted by atomic mass is 9.94. The summed E-state index contributed by atoms with van der Waals surface area (Å²) < 4.78 is 5.83. The van der Waals surface area contributed by atoms with Crippen LogP contribution in [-0.4, -0.2) is 17.5 Å². The van der Waals surface area contributed by atoms with Gasteiger partial charge in [-0.1, -0.05) is 57.2 Å². The second-order valence-corrected chi connectivity index (χ2v) is 7.60. The van der Waals surface area contributed by atoms with Crippen molar-refractivity contribution in [1.82, 2.24) is 15.6 Å². The van der Waals surface area contributed by atoms with Crippen LogP contribution in [0.25, 0.3) is 10.8 Å². The summed E-state index contributed by atoms with van der Waals surface area (Å²) in [4.78, 5) is 9.04. The van der Waals surface area contributed by atoms with Crippen LogP contribution in [0.3, 0.4) is 0 Å². The first-order valence-electron chi connectivity index (χ1n) is 9.41. The molecule has 0 saturated heterocycles. The van der Waals surface area contributed by atoms with E-state index in [1.54, 1.807) is 6.20 Å². The second kappa shape index (κ2) is 9.91. The highest BCUT2D eigenvalue weighted by atomic mass is 127. The lowest BCUT2D eigenvalue weighted by Crippen LogP contribution is -2.36. The molecule has 0 aliphatic rings. The van der Waals surface area contributed by atoms with Gasteiger partial charge in [-0.3, -0.25) is 0 Å². The summed E-state index contributed by atoms with van der Waals surface area (Å²) in [5.41, 5.74) is 1.14. The van der Waals surface area contributed by atoms with Crippen LogP contribution in [0, 0.1) is 0 Å². The van der Waals surface area contributed by atoms with Crippen molar-refractivity contribution in [3.8, 4) is 0 Å². The van der Waals surface area contributed by atoms with Gasteiger partial charge in [-0.2, -0.15) is 0 Å². The summed E-state index contributed by atoms with van der Waals surface area (Å²) in [6.45, 7) is 10.3. The molecule has 0 amide bonds. The zero-order valence-electron chi connectivity index (χ0n) is 17.0. The molecule has 1 heterocycles. The molecular weight excluding hydrogens is 463 g/mol. The summed E-state index contributed by atoms with van der Waals surface area (Å²) in [7, 11) is 0. The number of hydrogen-bond acceptors (Lipinski definition) is 3. The summed E-state index contributed by atoms with van der Waals surface area (Å²) in [6.07, 6.45) is 1.80. The van der Waals surface area contributed by atoms with Crippen LogP contribution in [0.2, 0.25) is 0 Å². The highest BCUT2D eigenvalue weighted by Crippen LogP contribution is 2.22. The van der Waals surface area contributed by atoms with E-state index in [1.165, 1.54) is 16.3 Å². The third-order valence-electron chi connectivity index (χ3n) is 4.28. The van der Waals surface area contributed by atoms with Crippen LogP contribution in [0.4, 0.5) is 0 Å². The zero-order valence-corrected chi connectivity index (χ0v) is 19.3. The van der Waals surface area contributed by atoms with Gasteiger partial charge in [-0.05, 0) is 29.3 Å². The Morgan fingerprint density at radius 3 is 2.50 bits per heavy atom. The first kappa shape index (κ1) is 22.2. The van der Waals surface area contributed by atoms with Gasteiger partial charge in [0.1, 0.15) is 5.76 Å². The molecule has 0 aliphatic carbocycles. The number of nitrogens with one attached hydrogen (secondary N) is 2. The van der Waals surface area contributed by atoms with Crippen molar-refractivity contribution in [2.24, 2.45) is 4.99 Å². The molecule has 28 heavy (non-hydrogen) atoms. The van der Waals surface area contributed by atoms with Crippen LogP contribution in [-0.2, 0) is 18.5 Å². The molecule has 2 N–H and O–H groups in total. The van der Waals surface area contributed by atoms with Crippen molar-refractivity contribution in [2.75, 3.05) is 6.54 Å². The Labute approximate surface area is 184 Å². The van der Waals surface area contributed by atoms with Crippen molar-refractivity contribution in [3.63, 3.8) is 0 Å². The molecule has 0 saturated carbocycles. The lowest BCUT2D eigenvalue weighted by molar-refractivity contribution is 0.379. The molecule has 0 radical (unpaired) electrons. The van der Waals surface area contributed by atoms with Crippen molar-refractivity contribution >= 4 is 40.7 Å². The maximum atomic E-state index is 5.83. The summed E-state index contributed by atoms with van der Waals surface area (Å²) in [6, 6.07) is 14.8. The van der Waals surface area contributed by atoms with Crippen LogP contribution >= 0.6 is 24.0 Å². The summed E-state index contributed by atoms with van der Waals surface area (Å²) in [5.74, 6) is 2.30. The number of aromatic nitrogens is 1. The fourth-order valence-corrected chi connectivity index (χ4v) is 2.75. The van der Waals surface area contributed by atoms with Crippen LogP contribution < -0.4 is 10.6 Å². The molecular formula is C22H29IN4O. The predicted molar refractivity (Wildman–Crippen MR) is 126 cm³/mol. The highest BCUT2D eigenvalue weighted by Gasteiger charge is 2.19. The van der Waals surface area contributed by atoms with Crippen LogP contribution in [0.15, 0.2) is 58.1 Å². The Hall–Kier alpha value is -2.09. The van der Waals surface area contributed by atoms with Crippen LogP contribution in [0.5, 0.6) is 0 Å². The van der Waals surface area contributed by atoms with E-state index in [0.29, 0.717) is 19.0 Å². The standard InChI is InChI=1S/C22H28N4O.HI/c1-5-23-21(26-15-20-24-14-19(27-20)22(2,3)4)25-13-16-10-11-17-8-6-7-9-18(17)12-16;/h6-12,14H,5,13,15H2,1-4H3,(H2,23,25,26);1H. The average molecular weight is 492 g/mol. The molecule has 3 aromatic rings. The summed E-state index contributed by atoms with van der Waals surface area (Å²) in [5, 5.41) is 9.04. The third kappa shape index (κ3) is 5.95. The van der Waals surface area contributed by atoms with Gasteiger partial charge in [-0.15, -0.1) is 24.0 Å². The maximum Gasteiger partial charge on any atom is 0.213 e. The van der Waals surface area contributed by atoms with Gasteiger partial charge in [-0.25, -0.2) is 9.98 Å². The van der Waals surface area contributed by atoms with Crippen molar-refractivity contribution in [3.05, 3.63) is 65.9 Å². The average Bonchev–Trinajstić information content (AvgIpc) is 3.13. The van der Waals surface area contributed by atoms with Crippen molar-refractivity contribution in [1.29, 1.82) is 0 Å². The first-order chi connectivity index (χ1) is 13.0. The van der Waals surface area contributed by atoms with E-state index in [-0.39, 0.29) is 29.4 Å². The molecule has 0 fully saturated rings. The quantitative estimate of drug-likeness (QED) is 0.299. The Morgan fingerprint density at radius 1 is 1.07 bits per heavy atom. The first-order valence-corrected chi connectivity index (χ1v) is 9.41. The van der Waals surface area contributed by atoms with E-state index in [1.807, 2.05) is 0 Å². The fourth-order valence-electron chi connectivity index (χ4n) is 2.75. The molecule has 3 rings (SSSR count). The normalized spacial score (nSPS) is 11.9. The van der Waals surface area contributed by atoms with E-state index in [9.17, 15) is 0 Å². The number of benzene rings is 2. The molecule has 2 aromatic carbocycles. The monoisotopic (exact) mass is 492 g/mol. The van der Waals surface area contributed by atoms with E-state index < -0.39 is 0 Å². The number of nitrogens with zero attached hydrogens (tertiary/aromatic N) is 2.